The van der Waals surface area contributed by atoms with E-state index in [9.17, 15) is 4.39 Å². The van der Waals surface area contributed by atoms with Crippen LogP contribution in [0.3, 0.4) is 0 Å². The maximum atomic E-state index is 13.1. The molecule has 0 atom stereocenters. The van der Waals surface area contributed by atoms with Crippen molar-refractivity contribution in [1.82, 2.24) is 0 Å². The Morgan fingerprint density at radius 3 is 2.44 bits per heavy atom. The van der Waals surface area contributed by atoms with E-state index >= 15 is 0 Å². The van der Waals surface area contributed by atoms with Gasteiger partial charge >= 0.3 is 0 Å². The maximum Gasteiger partial charge on any atom is 0.125 e. The molecule has 90 valence electrons. The van der Waals surface area contributed by atoms with Crippen LogP contribution >= 0.6 is 11.6 Å². The van der Waals surface area contributed by atoms with E-state index in [1.165, 1.54) is 12.1 Å². The molecule has 0 bridgehead atoms. The van der Waals surface area contributed by atoms with Crippen LogP contribution in [0.1, 0.15) is 39.5 Å². The Labute approximate surface area is 102 Å². The second-order valence-electron chi connectivity index (χ2n) is 4.04. The average molecular weight is 244 g/mol. The first-order valence-electron chi connectivity index (χ1n) is 5.89. The van der Waals surface area contributed by atoms with Gasteiger partial charge in [-0.15, -0.1) is 0 Å². The molecule has 0 aliphatic heterocycles. The van der Waals surface area contributed by atoms with Gasteiger partial charge in [-0.1, -0.05) is 38.3 Å². The highest BCUT2D eigenvalue weighted by Gasteiger charge is 2.09. The van der Waals surface area contributed by atoms with Crippen molar-refractivity contribution in [1.29, 1.82) is 0 Å². The third-order valence-electron chi connectivity index (χ3n) is 2.56. The lowest BCUT2D eigenvalue weighted by Crippen LogP contribution is -2.19. The number of nitrogens with one attached hydrogen (secondary N) is 1. The Balaban J connectivity index is 2.71. The van der Waals surface area contributed by atoms with Gasteiger partial charge in [0.15, 0.2) is 0 Å². The van der Waals surface area contributed by atoms with E-state index in [0.29, 0.717) is 16.8 Å². The van der Waals surface area contributed by atoms with E-state index in [0.717, 1.165) is 25.7 Å². The molecule has 0 fully saturated rings. The number of hydrogen-bond donors (Lipinski definition) is 1. The van der Waals surface area contributed by atoms with Crippen LogP contribution in [0.2, 0.25) is 5.02 Å². The van der Waals surface area contributed by atoms with Crippen molar-refractivity contribution in [2.45, 2.75) is 45.6 Å². The molecule has 0 aliphatic rings. The predicted octanol–water partition coefficient (Wildman–Crippen LogP) is 4.86. The fourth-order valence-electron chi connectivity index (χ4n) is 1.81. The molecule has 0 aliphatic carbocycles. The molecule has 0 unspecified atom stereocenters. The largest absolute Gasteiger partial charge is 0.381 e. The fourth-order valence-corrected chi connectivity index (χ4v) is 1.99. The van der Waals surface area contributed by atoms with Gasteiger partial charge in [-0.2, -0.15) is 0 Å². The van der Waals surface area contributed by atoms with Crippen molar-refractivity contribution >= 4 is 17.3 Å². The summed E-state index contributed by atoms with van der Waals surface area (Å²) in [6.07, 6.45) is 4.40. The Bertz CT molecular complexity index is 322. The molecule has 0 saturated carbocycles. The van der Waals surface area contributed by atoms with Crippen molar-refractivity contribution in [3.05, 3.63) is 29.0 Å². The molecule has 0 saturated heterocycles. The predicted molar refractivity (Wildman–Crippen MR) is 68.6 cm³/mol. The van der Waals surface area contributed by atoms with Gasteiger partial charge in [0.05, 0.1) is 10.7 Å². The number of anilines is 1. The van der Waals surface area contributed by atoms with Crippen LogP contribution < -0.4 is 5.32 Å². The van der Waals surface area contributed by atoms with E-state index < -0.39 is 0 Å². The van der Waals surface area contributed by atoms with Gasteiger partial charge < -0.3 is 5.32 Å². The summed E-state index contributed by atoms with van der Waals surface area (Å²) in [6.45, 7) is 4.30. The Kier molecular flexibility index (Phi) is 5.61. The summed E-state index contributed by atoms with van der Waals surface area (Å²) in [5.74, 6) is -0.251. The summed E-state index contributed by atoms with van der Waals surface area (Å²) in [6, 6.07) is 4.81. The van der Waals surface area contributed by atoms with Crippen molar-refractivity contribution in [3.63, 3.8) is 0 Å². The molecular weight excluding hydrogens is 225 g/mol. The SMILES string of the molecule is CCCC(CCC)Nc1cc(F)ccc1Cl. The van der Waals surface area contributed by atoms with Gasteiger partial charge in [0.25, 0.3) is 0 Å². The van der Waals surface area contributed by atoms with Crippen molar-refractivity contribution < 1.29 is 4.39 Å². The minimum absolute atomic E-state index is 0.251. The quantitative estimate of drug-likeness (QED) is 0.752. The fraction of sp³-hybridized carbons (Fsp3) is 0.538. The molecule has 0 heterocycles. The van der Waals surface area contributed by atoms with Crippen molar-refractivity contribution in [3.8, 4) is 0 Å². The molecule has 0 amide bonds. The summed E-state index contributed by atoms with van der Waals surface area (Å²) in [4.78, 5) is 0. The summed E-state index contributed by atoms with van der Waals surface area (Å²) >= 11 is 6.01. The van der Waals surface area contributed by atoms with Crippen LogP contribution in [0.25, 0.3) is 0 Å². The van der Waals surface area contributed by atoms with Crippen LogP contribution in [-0.4, -0.2) is 6.04 Å². The molecule has 0 radical (unpaired) electrons. The van der Waals surface area contributed by atoms with E-state index in [-0.39, 0.29) is 5.82 Å². The normalized spacial score (nSPS) is 10.8. The van der Waals surface area contributed by atoms with Crippen LogP contribution in [0.15, 0.2) is 18.2 Å². The Hall–Kier alpha value is -0.760. The molecule has 1 aromatic carbocycles. The molecule has 0 spiro atoms. The number of benzene rings is 1. The highest BCUT2D eigenvalue weighted by atomic mass is 35.5. The van der Waals surface area contributed by atoms with Gasteiger partial charge in [-0.05, 0) is 31.0 Å². The summed E-state index contributed by atoms with van der Waals surface area (Å²) < 4.78 is 13.1. The van der Waals surface area contributed by atoms with Crippen LogP contribution in [0.4, 0.5) is 10.1 Å². The zero-order valence-electron chi connectivity index (χ0n) is 9.89. The molecule has 1 rings (SSSR count). The monoisotopic (exact) mass is 243 g/mol. The maximum absolute atomic E-state index is 13.1. The van der Waals surface area contributed by atoms with E-state index in [2.05, 4.69) is 19.2 Å². The van der Waals surface area contributed by atoms with Gasteiger partial charge in [-0.3, -0.25) is 0 Å². The lowest BCUT2D eigenvalue weighted by Gasteiger charge is -2.19. The smallest absolute Gasteiger partial charge is 0.125 e. The summed E-state index contributed by atoms with van der Waals surface area (Å²) in [7, 11) is 0. The van der Waals surface area contributed by atoms with E-state index in [1.54, 1.807) is 6.07 Å². The molecule has 1 aromatic rings. The van der Waals surface area contributed by atoms with Crippen molar-refractivity contribution in [2.24, 2.45) is 0 Å². The standard InChI is InChI=1S/C13H19ClFN/c1-3-5-11(6-4-2)16-13-9-10(15)7-8-12(13)14/h7-9,11,16H,3-6H2,1-2H3. The third-order valence-corrected chi connectivity index (χ3v) is 2.89. The summed E-state index contributed by atoms with van der Waals surface area (Å²) in [5.41, 5.74) is 0.702. The molecular formula is C13H19ClFN. The number of halogens is 2. The third kappa shape index (κ3) is 4.01. The van der Waals surface area contributed by atoms with E-state index in [1.807, 2.05) is 0 Å². The van der Waals surface area contributed by atoms with Crippen molar-refractivity contribution in [2.75, 3.05) is 5.32 Å². The minimum atomic E-state index is -0.251. The van der Waals surface area contributed by atoms with Gasteiger partial charge in [0.2, 0.25) is 0 Å². The molecule has 0 aromatic heterocycles. The molecule has 3 heteroatoms. The Morgan fingerprint density at radius 2 is 1.88 bits per heavy atom. The van der Waals surface area contributed by atoms with Gasteiger partial charge in [-0.25, -0.2) is 4.39 Å². The highest BCUT2D eigenvalue weighted by molar-refractivity contribution is 6.33. The number of hydrogen-bond acceptors (Lipinski definition) is 1. The van der Waals surface area contributed by atoms with Gasteiger partial charge in [0, 0.05) is 6.04 Å². The second-order valence-corrected chi connectivity index (χ2v) is 4.45. The molecule has 1 nitrogen and oxygen atoms in total. The Morgan fingerprint density at radius 1 is 1.25 bits per heavy atom. The zero-order chi connectivity index (χ0) is 12.0. The summed E-state index contributed by atoms with van der Waals surface area (Å²) in [5, 5.41) is 3.90. The second kappa shape index (κ2) is 6.74. The average Bonchev–Trinajstić information content (AvgIpc) is 2.24. The zero-order valence-corrected chi connectivity index (χ0v) is 10.6. The molecule has 16 heavy (non-hydrogen) atoms. The van der Waals surface area contributed by atoms with Gasteiger partial charge in [0.1, 0.15) is 5.82 Å². The van der Waals surface area contributed by atoms with Crippen LogP contribution in [-0.2, 0) is 0 Å². The highest BCUT2D eigenvalue weighted by Crippen LogP contribution is 2.24. The van der Waals surface area contributed by atoms with E-state index in [4.69, 9.17) is 11.6 Å². The lowest BCUT2D eigenvalue weighted by atomic mass is 10.1. The first-order valence-corrected chi connectivity index (χ1v) is 6.26. The van der Waals surface area contributed by atoms with Crippen LogP contribution in [0, 0.1) is 5.82 Å². The first-order chi connectivity index (χ1) is 7.67. The number of rotatable bonds is 6. The first kappa shape index (κ1) is 13.3. The van der Waals surface area contributed by atoms with Crippen LogP contribution in [0.5, 0.6) is 0 Å². The topological polar surface area (TPSA) is 12.0 Å². The lowest BCUT2D eigenvalue weighted by molar-refractivity contribution is 0.584. The molecule has 1 N–H and O–H groups in total. The minimum Gasteiger partial charge on any atom is -0.381 e.